The van der Waals surface area contributed by atoms with E-state index in [9.17, 15) is 4.79 Å². The minimum absolute atomic E-state index is 0.0528. The van der Waals surface area contributed by atoms with E-state index in [2.05, 4.69) is 29.2 Å². The Morgan fingerprint density at radius 2 is 2.09 bits per heavy atom. The summed E-state index contributed by atoms with van der Waals surface area (Å²) in [6.45, 7) is 2.27. The summed E-state index contributed by atoms with van der Waals surface area (Å²) in [5.74, 6) is 0.645. The van der Waals surface area contributed by atoms with E-state index in [1.54, 1.807) is 0 Å². The van der Waals surface area contributed by atoms with E-state index in [1.807, 2.05) is 0 Å². The van der Waals surface area contributed by atoms with Gasteiger partial charge in [0, 0.05) is 17.9 Å². The molecule has 1 amide bonds. The Balaban J connectivity index is 1.42. The topological polar surface area (TPSA) is 29.5 Å². The highest BCUT2D eigenvalue weighted by atomic mass is 16.5. The van der Waals surface area contributed by atoms with Gasteiger partial charge in [0.1, 0.15) is 0 Å². The van der Waals surface area contributed by atoms with Crippen LogP contribution >= 0.6 is 0 Å². The quantitative estimate of drug-likeness (QED) is 0.797. The lowest BCUT2D eigenvalue weighted by Gasteiger charge is -2.53. The predicted molar refractivity (Wildman–Crippen MR) is 83.7 cm³/mol. The molecule has 5 rings (SSSR count). The molecule has 2 atom stereocenters. The van der Waals surface area contributed by atoms with Gasteiger partial charge in [-0.15, -0.1) is 0 Å². The van der Waals surface area contributed by atoms with Crippen molar-refractivity contribution >= 4 is 5.91 Å². The molecule has 3 aliphatic carbocycles. The number of fused-ring (bicyclic) bond motifs is 2. The highest BCUT2D eigenvalue weighted by Gasteiger charge is 2.63. The van der Waals surface area contributed by atoms with Crippen LogP contribution in [0.25, 0.3) is 0 Å². The van der Waals surface area contributed by atoms with E-state index in [4.69, 9.17) is 4.74 Å². The van der Waals surface area contributed by atoms with Gasteiger partial charge < -0.3 is 9.64 Å². The Kier molecular flexibility index (Phi) is 2.59. The van der Waals surface area contributed by atoms with Crippen molar-refractivity contribution in [3.63, 3.8) is 0 Å². The molecule has 4 aliphatic rings. The molecular weight excluding hydrogens is 274 g/mol. The Morgan fingerprint density at radius 1 is 1.23 bits per heavy atom. The zero-order valence-electron chi connectivity index (χ0n) is 13.0. The number of hydrogen-bond acceptors (Lipinski definition) is 2. The molecule has 3 nitrogen and oxygen atoms in total. The molecule has 0 unspecified atom stereocenters. The number of ether oxygens (including phenoxy) is 1. The fourth-order valence-electron chi connectivity index (χ4n) is 5.18. The van der Waals surface area contributed by atoms with E-state index in [1.165, 1.54) is 24.0 Å². The van der Waals surface area contributed by atoms with Crippen LogP contribution in [0.1, 0.15) is 43.2 Å². The van der Waals surface area contributed by atoms with E-state index in [0.717, 1.165) is 38.8 Å². The first kappa shape index (κ1) is 13.1. The van der Waals surface area contributed by atoms with Gasteiger partial charge in [-0.2, -0.15) is 0 Å². The summed E-state index contributed by atoms with van der Waals surface area (Å²) in [5, 5.41) is 0. The Hall–Kier alpha value is -1.35. The molecule has 1 saturated heterocycles. The van der Waals surface area contributed by atoms with Crippen molar-refractivity contribution in [2.45, 2.75) is 49.5 Å². The first-order valence-electron chi connectivity index (χ1n) is 8.73. The summed E-state index contributed by atoms with van der Waals surface area (Å²) < 4.78 is 5.69. The summed E-state index contributed by atoms with van der Waals surface area (Å²) in [4.78, 5) is 15.4. The molecule has 0 radical (unpaired) electrons. The van der Waals surface area contributed by atoms with E-state index < -0.39 is 0 Å². The zero-order chi connectivity index (χ0) is 14.8. The Bertz CT molecular complexity index is 636. The average molecular weight is 297 g/mol. The lowest BCUT2D eigenvalue weighted by Crippen LogP contribution is -2.63. The molecule has 2 spiro atoms. The van der Waals surface area contributed by atoms with Crippen molar-refractivity contribution in [1.29, 1.82) is 0 Å². The van der Waals surface area contributed by atoms with Crippen LogP contribution in [0.5, 0.6) is 0 Å². The van der Waals surface area contributed by atoms with E-state index in [0.29, 0.717) is 12.5 Å². The number of nitrogens with zero attached hydrogens (tertiary/aromatic N) is 1. The number of benzene rings is 1. The number of hydrogen-bond donors (Lipinski definition) is 0. The van der Waals surface area contributed by atoms with Crippen LogP contribution in [0.15, 0.2) is 24.3 Å². The zero-order valence-corrected chi connectivity index (χ0v) is 13.0. The van der Waals surface area contributed by atoms with Gasteiger partial charge in [0.05, 0.1) is 18.8 Å². The summed E-state index contributed by atoms with van der Waals surface area (Å²) in [6, 6.07) is 8.76. The standard InChI is InChI=1S/C19H23NO2/c21-17(20-10-11-22-13-18(20)7-3-8-18)16-12-19(16)9-6-14-4-1-2-5-15(14)19/h1-2,4-5,16H,3,6-13H2/t16-,19-/m1/s1. The van der Waals surface area contributed by atoms with Crippen molar-refractivity contribution in [3.8, 4) is 0 Å². The normalized spacial score (nSPS) is 34.5. The maximum Gasteiger partial charge on any atom is 0.227 e. The SMILES string of the molecule is O=C([C@H]1C[C@@]12CCc1ccccc12)N1CCOCC12CCC2. The predicted octanol–water partition coefficient (Wildman–Crippen LogP) is 2.67. The molecule has 0 N–H and O–H groups in total. The van der Waals surface area contributed by atoms with Crippen molar-refractivity contribution < 1.29 is 9.53 Å². The molecule has 1 heterocycles. The number of aryl methyl sites for hydroxylation is 1. The molecule has 116 valence electrons. The number of morpholine rings is 1. The highest BCUT2D eigenvalue weighted by molar-refractivity contribution is 5.86. The van der Waals surface area contributed by atoms with Gasteiger partial charge in [-0.25, -0.2) is 0 Å². The van der Waals surface area contributed by atoms with E-state index >= 15 is 0 Å². The minimum atomic E-state index is 0.0528. The van der Waals surface area contributed by atoms with Crippen molar-refractivity contribution in [3.05, 3.63) is 35.4 Å². The van der Waals surface area contributed by atoms with Gasteiger partial charge in [0.25, 0.3) is 0 Å². The van der Waals surface area contributed by atoms with Gasteiger partial charge in [-0.1, -0.05) is 24.3 Å². The summed E-state index contributed by atoms with van der Waals surface area (Å²) >= 11 is 0. The highest BCUT2D eigenvalue weighted by Crippen LogP contribution is 2.62. The largest absolute Gasteiger partial charge is 0.377 e. The lowest BCUT2D eigenvalue weighted by molar-refractivity contribution is -0.160. The first-order chi connectivity index (χ1) is 10.8. The fourth-order valence-corrected chi connectivity index (χ4v) is 5.18. The van der Waals surface area contributed by atoms with Crippen LogP contribution in [0.4, 0.5) is 0 Å². The smallest absolute Gasteiger partial charge is 0.227 e. The van der Waals surface area contributed by atoms with Gasteiger partial charge in [0.2, 0.25) is 5.91 Å². The second kappa shape index (κ2) is 4.35. The molecule has 1 aromatic carbocycles. The van der Waals surface area contributed by atoms with Crippen molar-refractivity contribution in [2.75, 3.05) is 19.8 Å². The first-order valence-corrected chi connectivity index (χ1v) is 8.73. The Morgan fingerprint density at radius 3 is 2.91 bits per heavy atom. The second-order valence-electron chi connectivity index (χ2n) is 7.69. The van der Waals surface area contributed by atoms with Gasteiger partial charge >= 0.3 is 0 Å². The third-order valence-electron chi connectivity index (χ3n) is 6.72. The fraction of sp³-hybridized carbons (Fsp3) is 0.632. The van der Waals surface area contributed by atoms with Crippen LogP contribution in [0.3, 0.4) is 0 Å². The molecule has 3 heteroatoms. The van der Waals surface area contributed by atoms with Crippen LogP contribution in [0.2, 0.25) is 0 Å². The summed E-state index contributed by atoms with van der Waals surface area (Å²) in [7, 11) is 0. The third kappa shape index (κ3) is 1.58. The van der Waals surface area contributed by atoms with Gasteiger partial charge in [0.15, 0.2) is 0 Å². The maximum atomic E-state index is 13.2. The van der Waals surface area contributed by atoms with Crippen LogP contribution in [0, 0.1) is 5.92 Å². The third-order valence-corrected chi connectivity index (χ3v) is 6.72. The average Bonchev–Trinajstić information content (AvgIpc) is 3.15. The molecule has 0 aromatic heterocycles. The van der Waals surface area contributed by atoms with Crippen molar-refractivity contribution in [2.24, 2.45) is 5.92 Å². The number of carbonyl (C=O) groups excluding carboxylic acids is 1. The summed E-state index contributed by atoms with van der Waals surface area (Å²) in [6.07, 6.45) is 6.89. The molecule has 1 aromatic rings. The van der Waals surface area contributed by atoms with Gasteiger partial charge in [-0.05, 0) is 49.7 Å². The molecule has 3 fully saturated rings. The summed E-state index contributed by atoms with van der Waals surface area (Å²) in [5.41, 5.74) is 3.16. The molecule has 22 heavy (non-hydrogen) atoms. The van der Waals surface area contributed by atoms with Crippen LogP contribution in [-0.2, 0) is 21.4 Å². The number of carbonyl (C=O) groups is 1. The second-order valence-corrected chi connectivity index (χ2v) is 7.69. The van der Waals surface area contributed by atoms with E-state index in [-0.39, 0.29) is 16.9 Å². The van der Waals surface area contributed by atoms with Crippen LogP contribution in [-0.4, -0.2) is 36.1 Å². The maximum absolute atomic E-state index is 13.2. The van der Waals surface area contributed by atoms with Gasteiger partial charge in [-0.3, -0.25) is 4.79 Å². The number of rotatable bonds is 1. The molecular formula is C19H23NO2. The monoisotopic (exact) mass is 297 g/mol. The molecule has 0 bridgehead atoms. The van der Waals surface area contributed by atoms with Crippen LogP contribution < -0.4 is 0 Å². The Labute approximate surface area is 131 Å². The minimum Gasteiger partial charge on any atom is -0.377 e. The molecule has 1 aliphatic heterocycles. The number of amides is 1. The lowest BCUT2D eigenvalue weighted by atomic mass is 9.75. The van der Waals surface area contributed by atoms with Crippen molar-refractivity contribution in [1.82, 2.24) is 4.90 Å². The molecule has 2 saturated carbocycles.